The molecule has 0 spiro atoms. The molecule has 0 aliphatic carbocycles. The Bertz CT molecular complexity index is 923. The Morgan fingerprint density at radius 2 is 1.64 bits per heavy atom. The summed E-state index contributed by atoms with van der Waals surface area (Å²) < 4.78 is 31.2. The number of amides is 1. The van der Waals surface area contributed by atoms with Crippen molar-refractivity contribution >= 4 is 39.2 Å². The fourth-order valence-corrected chi connectivity index (χ4v) is 3.79. The number of carbonyl (C=O) groups is 2. The summed E-state index contributed by atoms with van der Waals surface area (Å²) in [6, 6.07) is 10.1. The third-order valence-electron chi connectivity index (χ3n) is 3.25. The number of nitrogens with zero attached hydrogens (tertiary/aromatic N) is 1. The van der Waals surface area contributed by atoms with Gasteiger partial charge in [-0.25, -0.2) is 12.7 Å². The first-order valence-corrected chi connectivity index (χ1v) is 9.05. The van der Waals surface area contributed by atoms with Crippen molar-refractivity contribution < 1.29 is 22.7 Å². The molecule has 0 aliphatic rings. The molecule has 0 radical (unpaired) electrons. The summed E-state index contributed by atoms with van der Waals surface area (Å²) in [7, 11) is -4.11. The van der Waals surface area contributed by atoms with Crippen molar-refractivity contribution in [2.24, 2.45) is 0 Å². The van der Waals surface area contributed by atoms with Crippen molar-refractivity contribution in [2.75, 3.05) is 4.31 Å². The number of benzene rings is 2. The van der Waals surface area contributed by atoms with Crippen molar-refractivity contribution in [3.8, 4) is 5.75 Å². The molecular weight excluding hydrogens is 366 g/mol. The first-order chi connectivity index (χ1) is 11.6. The second kappa shape index (κ2) is 7.25. The van der Waals surface area contributed by atoms with Crippen LogP contribution in [-0.4, -0.2) is 20.3 Å². The molecule has 0 aliphatic heterocycles. The summed E-state index contributed by atoms with van der Waals surface area (Å²) in [5, 5.41) is 0.0121. The number of halogens is 1. The Kier molecular flexibility index (Phi) is 5.49. The van der Waals surface area contributed by atoms with Crippen LogP contribution in [0.1, 0.15) is 19.4 Å². The van der Waals surface area contributed by atoms with Gasteiger partial charge >= 0.3 is 5.97 Å². The standard InChI is InChI=1S/C17H16ClNO5S/c1-11-4-7-15(8-5-11)25(22,23)19(12(2)20)14-6-9-17(16(18)10-14)24-13(3)21/h4-10H,1-3H3. The third-order valence-corrected chi connectivity index (χ3v) is 5.36. The minimum Gasteiger partial charge on any atom is -0.425 e. The van der Waals surface area contributed by atoms with Crippen LogP contribution in [-0.2, 0) is 19.6 Å². The molecular formula is C17H16ClNO5S. The van der Waals surface area contributed by atoms with E-state index in [9.17, 15) is 18.0 Å². The highest BCUT2D eigenvalue weighted by Crippen LogP contribution is 2.32. The Morgan fingerprint density at radius 3 is 2.12 bits per heavy atom. The second-order valence-electron chi connectivity index (χ2n) is 5.31. The predicted octanol–water partition coefficient (Wildman–Crippen LogP) is 3.32. The van der Waals surface area contributed by atoms with Gasteiger partial charge in [-0.3, -0.25) is 9.59 Å². The Morgan fingerprint density at radius 1 is 1.04 bits per heavy atom. The van der Waals surface area contributed by atoms with E-state index in [2.05, 4.69) is 0 Å². The van der Waals surface area contributed by atoms with Crippen molar-refractivity contribution in [3.63, 3.8) is 0 Å². The largest absolute Gasteiger partial charge is 0.425 e. The van der Waals surface area contributed by atoms with E-state index >= 15 is 0 Å². The van der Waals surface area contributed by atoms with Gasteiger partial charge < -0.3 is 4.74 Å². The number of hydrogen-bond acceptors (Lipinski definition) is 5. The number of carbonyl (C=O) groups excluding carboxylic acids is 2. The van der Waals surface area contributed by atoms with Crippen LogP contribution in [0, 0.1) is 6.92 Å². The lowest BCUT2D eigenvalue weighted by Crippen LogP contribution is -2.35. The van der Waals surface area contributed by atoms with Crippen molar-refractivity contribution in [3.05, 3.63) is 53.1 Å². The highest BCUT2D eigenvalue weighted by Gasteiger charge is 2.29. The van der Waals surface area contributed by atoms with Crippen LogP contribution in [0.5, 0.6) is 5.75 Å². The van der Waals surface area contributed by atoms with E-state index in [1.54, 1.807) is 12.1 Å². The fourth-order valence-electron chi connectivity index (χ4n) is 2.16. The number of rotatable bonds is 4. The highest BCUT2D eigenvalue weighted by atomic mass is 35.5. The van der Waals surface area contributed by atoms with Gasteiger partial charge in [0.15, 0.2) is 0 Å². The average molecular weight is 382 g/mol. The fraction of sp³-hybridized carbons (Fsp3) is 0.176. The monoisotopic (exact) mass is 381 g/mol. The first kappa shape index (κ1) is 19.0. The van der Waals surface area contributed by atoms with Crippen LogP contribution in [0.25, 0.3) is 0 Å². The Hall–Kier alpha value is -2.38. The third kappa shape index (κ3) is 4.18. The molecule has 6 nitrogen and oxygen atoms in total. The van der Waals surface area contributed by atoms with Gasteiger partial charge in [-0.2, -0.15) is 0 Å². The number of hydrogen-bond donors (Lipinski definition) is 0. The van der Waals surface area contributed by atoms with E-state index in [0.29, 0.717) is 4.31 Å². The van der Waals surface area contributed by atoms with Crippen LogP contribution in [0.4, 0.5) is 5.69 Å². The lowest BCUT2D eigenvalue weighted by Gasteiger charge is -2.21. The maximum Gasteiger partial charge on any atom is 0.308 e. The Balaban J connectivity index is 2.51. The van der Waals surface area contributed by atoms with Crippen LogP contribution >= 0.6 is 11.6 Å². The number of aryl methyl sites for hydroxylation is 1. The molecule has 2 aromatic carbocycles. The molecule has 0 saturated heterocycles. The molecule has 132 valence electrons. The average Bonchev–Trinajstić information content (AvgIpc) is 2.49. The van der Waals surface area contributed by atoms with Gasteiger partial charge in [-0.1, -0.05) is 29.3 Å². The molecule has 0 unspecified atom stereocenters. The summed E-state index contributed by atoms with van der Waals surface area (Å²) in [5.74, 6) is -1.18. The zero-order chi connectivity index (χ0) is 18.8. The quantitative estimate of drug-likeness (QED) is 0.599. The first-order valence-electron chi connectivity index (χ1n) is 7.23. The summed E-state index contributed by atoms with van der Waals surface area (Å²) >= 11 is 6.03. The molecule has 0 fully saturated rings. The molecule has 2 aromatic rings. The van der Waals surface area contributed by atoms with Crippen LogP contribution < -0.4 is 9.04 Å². The topological polar surface area (TPSA) is 80.8 Å². The molecule has 0 atom stereocenters. The molecule has 2 rings (SSSR count). The van der Waals surface area contributed by atoms with Gasteiger partial charge in [0.25, 0.3) is 10.0 Å². The molecule has 0 saturated carbocycles. The van der Waals surface area contributed by atoms with Crippen LogP contribution in [0.15, 0.2) is 47.4 Å². The van der Waals surface area contributed by atoms with Gasteiger partial charge in [0.05, 0.1) is 15.6 Å². The molecule has 1 amide bonds. The van der Waals surface area contributed by atoms with Crippen molar-refractivity contribution in [2.45, 2.75) is 25.7 Å². The van der Waals surface area contributed by atoms with Gasteiger partial charge in [0.1, 0.15) is 5.75 Å². The predicted molar refractivity (Wildman–Crippen MR) is 94.3 cm³/mol. The molecule has 0 aromatic heterocycles. The van der Waals surface area contributed by atoms with Gasteiger partial charge in [0.2, 0.25) is 5.91 Å². The number of esters is 1. The summed E-state index contributed by atoms with van der Waals surface area (Å²) in [6.45, 7) is 4.18. The van der Waals surface area contributed by atoms with Crippen LogP contribution in [0.2, 0.25) is 5.02 Å². The normalized spacial score (nSPS) is 11.0. The maximum absolute atomic E-state index is 12.8. The summed E-state index contributed by atoms with van der Waals surface area (Å²) in [5.41, 5.74) is 0.941. The lowest BCUT2D eigenvalue weighted by atomic mass is 10.2. The minimum atomic E-state index is -4.11. The SMILES string of the molecule is CC(=O)Oc1ccc(N(C(C)=O)S(=O)(=O)c2ccc(C)cc2)cc1Cl. The smallest absolute Gasteiger partial charge is 0.308 e. The van der Waals surface area contributed by atoms with Crippen molar-refractivity contribution in [1.82, 2.24) is 0 Å². The van der Waals surface area contributed by atoms with E-state index in [4.69, 9.17) is 16.3 Å². The van der Waals surface area contributed by atoms with E-state index in [0.717, 1.165) is 12.5 Å². The zero-order valence-electron chi connectivity index (χ0n) is 13.8. The van der Waals surface area contributed by atoms with Gasteiger partial charge in [-0.15, -0.1) is 0 Å². The summed E-state index contributed by atoms with van der Waals surface area (Å²) in [6.07, 6.45) is 0. The van der Waals surface area contributed by atoms with Gasteiger partial charge in [0, 0.05) is 13.8 Å². The zero-order valence-corrected chi connectivity index (χ0v) is 15.4. The maximum atomic E-state index is 12.8. The van der Waals surface area contributed by atoms with Crippen molar-refractivity contribution in [1.29, 1.82) is 0 Å². The molecule has 0 bridgehead atoms. The van der Waals surface area contributed by atoms with Crippen LogP contribution in [0.3, 0.4) is 0 Å². The summed E-state index contributed by atoms with van der Waals surface area (Å²) in [4.78, 5) is 23.0. The van der Waals surface area contributed by atoms with E-state index in [1.165, 1.54) is 37.3 Å². The molecule has 8 heteroatoms. The molecule has 0 N–H and O–H groups in total. The molecule has 0 heterocycles. The number of ether oxygens (including phenoxy) is 1. The second-order valence-corrected chi connectivity index (χ2v) is 7.50. The van der Waals surface area contributed by atoms with E-state index in [1.807, 2.05) is 6.92 Å². The van der Waals surface area contributed by atoms with E-state index in [-0.39, 0.29) is 21.4 Å². The van der Waals surface area contributed by atoms with Gasteiger partial charge in [-0.05, 0) is 37.3 Å². The lowest BCUT2D eigenvalue weighted by molar-refractivity contribution is -0.131. The number of anilines is 1. The highest BCUT2D eigenvalue weighted by molar-refractivity contribution is 7.93. The minimum absolute atomic E-state index is 0.0121. The van der Waals surface area contributed by atoms with E-state index < -0.39 is 21.9 Å². The number of sulfonamides is 1. The molecule has 25 heavy (non-hydrogen) atoms. The Labute approximate surface area is 151 Å².